The second-order valence-electron chi connectivity index (χ2n) is 3.36. The Morgan fingerprint density at radius 3 is 2.87 bits per heavy atom. The highest BCUT2D eigenvalue weighted by atomic mass is 16.3. The van der Waals surface area contributed by atoms with E-state index < -0.39 is 0 Å². The molecule has 2 aliphatic rings. The summed E-state index contributed by atoms with van der Waals surface area (Å²) in [5, 5.41) is 17.3. The van der Waals surface area contributed by atoms with Gasteiger partial charge < -0.3 is 5.11 Å². The summed E-state index contributed by atoms with van der Waals surface area (Å²) >= 11 is 0. The monoisotopic (exact) mass is 199 g/mol. The molecule has 0 spiro atoms. The normalized spacial score (nSPS) is 17.2. The molecular weight excluding hydrogens is 190 g/mol. The van der Waals surface area contributed by atoms with E-state index in [4.69, 9.17) is 0 Å². The van der Waals surface area contributed by atoms with Gasteiger partial charge in [-0.2, -0.15) is 5.10 Å². The molecule has 1 aromatic carbocycles. The summed E-state index contributed by atoms with van der Waals surface area (Å²) in [6, 6.07) is 7.69. The molecule has 3 rings (SSSR count). The molecular formula is C11H9N3O. The zero-order valence-corrected chi connectivity index (χ0v) is 7.88. The molecule has 2 N–H and O–H groups in total. The summed E-state index contributed by atoms with van der Waals surface area (Å²) < 4.78 is 0. The van der Waals surface area contributed by atoms with Crippen LogP contribution in [0.5, 0.6) is 0 Å². The standard InChI is InChI=1S/C11H9N3O/c15-11-5-6-14-10(7-12-13-14)8-3-1-2-4-9(8)11/h1-7,13,15H. The first-order chi connectivity index (χ1) is 7.36. The van der Waals surface area contributed by atoms with E-state index in [2.05, 4.69) is 10.6 Å². The van der Waals surface area contributed by atoms with Crippen LogP contribution in [-0.2, 0) is 0 Å². The Hall–Kier alpha value is -2.23. The number of fused-ring (bicyclic) bond motifs is 2. The van der Waals surface area contributed by atoms with Gasteiger partial charge in [0.2, 0.25) is 0 Å². The van der Waals surface area contributed by atoms with Crippen LogP contribution in [0.15, 0.2) is 41.6 Å². The molecule has 0 aromatic heterocycles. The molecule has 0 amide bonds. The van der Waals surface area contributed by atoms with Crippen LogP contribution < -0.4 is 16.0 Å². The number of hydrazine groups is 1. The van der Waals surface area contributed by atoms with Gasteiger partial charge in [0.25, 0.3) is 0 Å². The average molecular weight is 199 g/mol. The lowest BCUT2D eigenvalue weighted by molar-refractivity contribution is 0.423. The number of aliphatic hydroxyl groups excluding tert-OH is 1. The lowest BCUT2D eigenvalue weighted by Crippen LogP contribution is -2.33. The van der Waals surface area contributed by atoms with Crippen LogP contribution >= 0.6 is 0 Å². The Morgan fingerprint density at radius 1 is 1.20 bits per heavy atom. The predicted octanol–water partition coefficient (Wildman–Crippen LogP) is -0.206. The van der Waals surface area contributed by atoms with Crippen molar-refractivity contribution < 1.29 is 5.11 Å². The van der Waals surface area contributed by atoms with Gasteiger partial charge >= 0.3 is 0 Å². The van der Waals surface area contributed by atoms with Crippen LogP contribution in [0.1, 0.15) is 0 Å². The van der Waals surface area contributed by atoms with Crippen molar-refractivity contribution in [2.24, 2.45) is 5.10 Å². The van der Waals surface area contributed by atoms with Crippen molar-refractivity contribution in [1.82, 2.24) is 10.5 Å². The van der Waals surface area contributed by atoms with Gasteiger partial charge in [-0.05, 0) is 6.08 Å². The summed E-state index contributed by atoms with van der Waals surface area (Å²) in [5.41, 5.74) is 3.75. The predicted molar refractivity (Wildman–Crippen MR) is 57.7 cm³/mol. The first kappa shape index (κ1) is 8.11. The minimum Gasteiger partial charge on any atom is -0.507 e. The largest absolute Gasteiger partial charge is 0.507 e. The highest BCUT2D eigenvalue weighted by molar-refractivity contribution is 6.02. The molecule has 0 saturated heterocycles. The number of hydrogen-bond acceptors (Lipinski definition) is 4. The van der Waals surface area contributed by atoms with E-state index >= 15 is 0 Å². The highest BCUT2D eigenvalue weighted by Crippen LogP contribution is 2.07. The van der Waals surface area contributed by atoms with Crippen molar-refractivity contribution in [3.63, 3.8) is 0 Å². The molecule has 0 unspecified atom stereocenters. The fraction of sp³-hybridized carbons (Fsp3) is 0. The average Bonchev–Trinajstić information content (AvgIpc) is 2.69. The smallest absolute Gasteiger partial charge is 0.125 e. The first-order valence-corrected chi connectivity index (χ1v) is 4.65. The number of hydrazone groups is 1. The Morgan fingerprint density at radius 2 is 2.00 bits per heavy atom. The Bertz CT molecular complexity index is 586. The molecule has 4 nitrogen and oxygen atoms in total. The molecule has 2 heterocycles. The fourth-order valence-corrected chi connectivity index (χ4v) is 1.75. The third-order valence-electron chi connectivity index (χ3n) is 2.47. The molecule has 1 aromatic rings. The molecule has 15 heavy (non-hydrogen) atoms. The van der Waals surface area contributed by atoms with E-state index in [1.165, 1.54) is 0 Å². The molecule has 74 valence electrons. The van der Waals surface area contributed by atoms with E-state index in [1.807, 2.05) is 24.3 Å². The zero-order chi connectivity index (χ0) is 10.3. The molecule has 4 heteroatoms. The Balaban J connectivity index is 2.51. The quantitative estimate of drug-likeness (QED) is 0.608. The summed E-state index contributed by atoms with van der Waals surface area (Å²) in [7, 11) is 0. The SMILES string of the molecule is OC1=c2ccccc2=C2C=NNN2C=C1. The summed E-state index contributed by atoms with van der Waals surface area (Å²) in [4.78, 5) is 0. The number of hydrogen-bond donors (Lipinski definition) is 2. The molecule has 0 radical (unpaired) electrons. The second kappa shape index (κ2) is 2.88. The summed E-state index contributed by atoms with van der Waals surface area (Å²) in [6.45, 7) is 0. The summed E-state index contributed by atoms with van der Waals surface area (Å²) in [6.07, 6.45) is 5.13. The topological polar surface area (TPSA) is 47.9 Å². The van der Waals surface area contributed by atoms with Gasteiger partial charge in [0.15, 0.2) is 0 Å². The Labute approximate surface area is 86.1 Å². The van der Waals surface area contributed by atoms with Crippen molar-refractivity contribution in [1.29, 1.82) is 0 Å². The van der Waals surface area contributed by atoms with Crippen molar-refractivity contribution in [2.75, 3.05) is 0 Å². The van der Waals surface area contributed by atoms with E-state index in [0.717, 1.165) is 16.1 Å². The van der Waals surface area contributed by atoms with Crippen LogP contribution in [0.25, 0.3) is 11.5 Å². The molecule has 0 aliphatic carbocycles. The van der Waals surface area contributed by atoms with E-state index in [9.17, 15) is 5.11 Å². The zero-order valence-electron chi connectivity index (χ0n) is 7.88. The van der Waals surface area contributed by atoms with Crippen molar-refractivity contribution in [3.05, 3.63) is 47.0 Å². The Kier molecular flexibility index (Phi) is 1.56. The maximum Gasteiger partial charge on any atom is 0.125 e. The fourth-order valence-electron chi connectivity index (χ4n) is 1.75. The molecule has 2 aliphatic heterocycles. The number of aliphatic hydroxyl groups is 1. The maximum absolute atomic E-state index is 9.81. The number of benzene rings is 1. The lowest BCUT2D eigenvalue weighted by Gasteiger charge is -2.11. The minimum atomic E-state index is 0.266. The highest BCUT2D eigenvalue weighted by Gasteiger charge is 2.13. The molecule has 0 fully saturated rings. The van der Waals surface area contributed by atoms with E-state index in [1.54, 1.807) is 23.5 Å². The van der Waals surface area contributed by atoms with Crippen LogP contribution in [0.2, 0.25) is 0 Å². The van der Waals surface area contributed by atoms with Crippen LogP contribution in [0.3, 0.4) is 0 Å². The van der Waals surface area contributed by atoms with Crippen molar-refractivity contribution >= 4 is 17.7 Å². The van der Waals surface area contributed by atoms with Gasteiger partial charge in [-0.25, -0.2) is 10.5 Å². The van der Waals surface area contributed by atoms with Gasteiger partial charge in [-0.1, -0.05) is 24.3 Å². The van der Waals surface area contributed by atoms with Crippen molar-refractivity contribution in [2.45, 2.75) is 0 Å². The van der Waals surface area contributed by atoms with Crippen LogP contribution in [-0.4, -0.2) is 16.3 Å². The third kappa shape index (κ3) is 1.11. The van der Waals surface area contributed by atoms with E-state index in [-0.39, 0.29) is 5.76 Å². The number of rotatable bonds is 0. The van der Waals surface area contributed by atoms with Crippen LogP contribution in [0.4, 0.5) is 0 Å². The van der Waals surface area contributed by atoms with Gasteiger partial charge in [-0.3, -0.25) is 0 Å². The lowest BCUT2D eigenvalue weighted by atomic mass is 10.2. The van der Waals surface area contributed by atoms with Crippen molar-refractivity contribution in [3.8, 4) is 0 Å². The second-order valence-corrected chi connectivity index (χ2v) is 3.36. The third-order valence-corrected chi connectivity index (χ3v) is 2.47. The minimum absolute atomic E-state index is 0.266. The van der Waals surface area contributed by atoms with Crippen LogP contribution in [0, 0.1) is 0 Å². The van der Waals surface area contributed by atoms with Gasteiger partial charge in [0.05, 0.1) is 11.9 Å². The van der Waals surface area contributed by atoms with E-state index in [0.29, 0.717) is 0 Å². The van der Waals surface area contributed by atoms with Gasteiger partial charge in [-0.15, -0.1) is 0 Å². The molecule has 0 bridgehead atoms. The first-order valence-electron chi connectivity index (χ1n) is 4.65. The molecule has 0 atom stereocenters. The number of nitrogens with zero attached hydrogens (tertiary/aromatic N) is 2. The molecule has 0 saturated carbocycles. The summed E-state index contributed by atoms with van der Waals surface area (Å²) in [5.74, 6) is 0.266. The van der Waals surface area contributed by atoms with Gasteiger partial charge in [0, 0.05) is 16.6 Å². The maximum atomic E-state index is 9.81. The number of nitrogens with one attached hydrogen (secondary N) is 1. The van der Waals surface area contributed by atoms with Gasteiger partial charge in [0.1, 0.15) is 5.76 Å².